The van der Waals surface area contributed by atoms with E-state index < -0.39 is 0 Å². The van der Waals surface area contributed by atoms with Gasteiger partial charge in [0.2, 0.25) is 0 Å². The van der Waals surface area contributed by atoms with Gasteiger partial charge in [0.15, 0.2) is 0 Å². The summed E-state index contributed by atoms with van der Waals surface area (Å²) in [6, 6.07) is 4.30. The summed E-state index contributed by atoms with van der Waals surface area (Å²) in [7, 11) is 1.71. The first-order valence-electron chi connectivity index (χ1n) is 6.01. The molecule has 1 aromatic rings. The summed E-state index contributed by atoms with van der Waals surface area (Å²) in [5.41, 5.74) is 8.26. The summed E-state index contributed by atoms with van der Waals surface area (Å²) in [5, 5.41) is 0.474. The molecule has 2 N–H and O–H groups in total. The molecule has 17 heavy (non-hydrogen) atoms. The van der Waals surface area contributed by atoms with Gasteiger partial charge in [0.25, 0.3) is 0 Å². The molecule has 0 bridgehead atoms. The highest BCUT2D eigenvalue weighted by Gasteiger charge is 2.15. The number of hydrogen-bond acceptors (Lipinski definition) is 3. The van der Waals surface area contributed by atoms with Crippen LogP contribution < -0.4 is 10.5 Å². The molecule has 0 radical (unpaired) electrons. The van der Waals surface area contributed by atoms with Crippen molar-refractivity contribution in [3.05, 3.63) is 23.3 Å². The molecule has 1 rings (SSSR count). The highest BCUT2D eigenvalue weighted by Crippen LogP contribution is 2.33. The van der Waals surface area contributed by atoms with Gasteiger partial charge in [0.05, 0.1) is 7.11 Å². The van der Waals surface area contributed by atoms with Crippen molar-refractivity contribution in [2.24, 2.45) is 11.7 Å². The second kappa shape index (κ2) is 6.31. The quantitative estimate of drug-likeness (QED) is 0.817. The molecule has 0 saturated heterocycles. The van der Waals surface area contributed by atoms with Gasteiger partial charge in [0, 0.05) is 16.7 Å². The molecular formula is C14H23NOS. The fourth-order valence-electron chi connectivity index (χ4n) is 1.73. The van der Waals surface area contributed by atoms with Crippen LogP contribution in [0.4, 0.5) is 0 Å². The van der Waals surface area contributed by atoms with E-state index in [-0.39, 0.29) is 0 Å². The zero-order valence-electron chi connectivity index (χ0n) is 11.4. The predicted octanol–water partition coefficient (Wildman–Crippen LogP) is 3.39. The van der Waals surface area contributed by atoms with Crippen molar-refractivity contribution in [2.45, 2.75) is 37.8 Å². The average Bonchev–Trinajstić information content (AvgIpc) is 2.29. The van der Waals surface area contributed by atoms with Gasteiger partial charge in [-0.1, -0.05) is 13.8 Å². The van der Waals surface area contributed by atoms with Gasteiger partial charge < -0.3 is 10.5 Å². The van der Waals surface area contributed by atoms with Crippen molar-refractivity contribution in [3.63, 3.8) is 0 Å². The number of nitrogens with two attached hydrogens (primary N) is 1. The Labute approximate surface area is 109 Å². The third-order valence-corrected chi connectivity index (χ3v) is 4.68. The predicted molar refractivity (Wildman–Crippen MR) is 76.0 cm³/mol. The van der Waals surface area contributed by atoms with Crippen molar-refractivity contribution < 1.29 is 4.74 Å². The van der Waals surface area contributed by atoms with Gasteiger partial charge in [-0.25, -0.2) is 0 Å². The van der Waals surface area contributed by atoms with E-state index in [9.17, 15) is 0 Å². The molecule has 3 heteroatoms. The topological polar surface area (TPSA) is 35.2 Å². The van der Waals surface area contributed by atoms with E-state index >= 15 is 0 Å². The van der Waals surface area contributed by atoms with E-state index in [4.69, 9.17) is 10.5 Å². The summed E-state index contributed by atoms with van der Waals surface area (Å²) < 4.78 is 5.33. The zero-order valence-corrected chi connectivity index (χ0v) is 12.2. The van der Waals surface area contributed by atoms with Crippen molar-refractivity contribution >= 4 is 11.8 Å². The number of methoxy groups -OCH3 is 1. The molecule has 0 aliphatic rings. The summed E-state index contributed by atoms with van der Waals surface area (Å²) in [6.07, 6.45) is 0. The molecule has 1 atom stereocenters. The minimum Gasteiger partial charge on any atom is -0.496 e. The second-order valence-corrected chi connectivity index (χ2v) is 6.00. The molecule has 0 spiro atoms. The van der Waals surface area contributed by atoms with E-state index in [1.54, 1.807) is 7.11 Å². The van der Waals surface area contributed by atoms with E-state index in [1.807, 2.05) is 11.8 Å². The van der Waals surface area contributed by atoms with Crippen LogP contribution in [0.5, 0.6) is 5.75 Å². The number of ether oxygens (including phenoxy) is 1. The molecular weight excluding hydrogens is 230 g/mol. The molecule has 0 amide bonds. The molecule has 0 saturated carbocycles. The molecule has 0 aliphatic carbocycles. The molecule has 1 aromatic carbocycles. The zero-order chi connectivity index (χ0) is 13.0. The van der Waals surface area contributed by atoms with Crippen LogP contribution in [0.25, 0.3) is 0 Å². The number of thioether (sulfide) groups is 1. The molecule has 2 nitrogen and oxygen atoms in total. The summed E-state index contributed by atoms with van der Waals surface area (Å²) >= 11 is 1.88. The summed E-state index contributed by atoms with van der Waals surface area (Å²) in [6.45, 7) is 9.35. The highest BCUT2D eigenvalue weighted by atomic mass is 32.2. The normalized spacial score (nSPS) is 12.9. The van der Waals surface area contributed by atoms with E-state index in [2.05, 4.69) is 39.8 Å². The smallest absolute Gasteiger partial charge is 0.122 e. The lowest BCUT2D eigenvalue weighted by molar-refractivity contribution is 0.411. The number of rotatable bonds is 5. The Balaban J connectivity index is 2.95. The van der Waals surface area contributed by atoms with Gasteiger partial charge in [0.1, 0.15) is 5.75 Å². The Morgan fingerprint density at radius 1 is 1.24 bits per heavy atom. The SMILES string of the molecule is COc1cc(C)c(SC(CN)C(C)C)cc1C. The standard InChI is InChI=1S/C14H23NOS/c1-9(2)14(8-15)17-13-7-10(3)12(16-5)6-11(13)4/h6-7,9,14H,8,15H2,1-5H3. The Morgan fingerprint density at radius 3 is 2.35 bits per heavy atom. The summed E-state index contributed by atoms with van der Waals surface area (Å²) in [5.74, 6) is 1.55. The minimum absolute atomic E-state index is 0.474. The first-order valence-corrected chi connectivity index (χ1v) is 6.89. The fourth-order valence-corrected chi connectivity index (χ4v) is 2.91. The van der Waals surface area contributed by atoms with Crippen LogP contribution in [0, 0.1) is 19.8 Å². The van der Waals surface area contributed by atoms with Crippen LogP contribution >= 0.6 is 11.8 Å². The molecule has 0 aliphatic heterocycles. The minimum atomic E-state index is 0.474. The molecule has 0 heterocycles. The van der Waals surface area contributed by atoms with Crippen LogP contribution in [0.2, 0.25) is 0 Å². The van der Waals surface area contributed by atoms with Gasteiger partial charge in [-0.2, -0.15) is 0 Å². The Morgan fingerprint density at radius 2 is 1.88 bits per heavy atom. The van der Waals surface area contributed by atoms with Crippen LogP contribution in [0.15, 0.2) is 17.0 Å². The van der Waals surface area contributed by atoms with Crippen molar-refractivity contribution in [2.75, 3.05) is 13.7 Å². The van der Waals surface area contributed by atoms with Crippen LogP contribution in [0.3, 0.4) is 0 Å². The summed E-state index contributed by atoms with van der Waals surface area (Å²) in [4.78, 5) is 1.31. The lowest BCUT2D eigenvalue weighted by atomic mass is 10.1. The van der Waals surface area contributed by atoms with E-state index in [0.717, 1.165) is 5.75 Å². The van der Waals surface area contributed by atoms with Crippen molar-refractivity contribution in [1.29, 1.82) is 0 Å². The highest BCUT2D eigenvalue weighted by molar-refractivity contribution is 8.00. The van der Waals surface area contributed by atoms with Gasteiger partial charge in [-0.3, -0.25) is 0 Å². The first-order chi connectivity index (χ1) is 7.99. The second-order valence-electron chi connectivity index (χ2n) is 4.72. The third kappa shape index (κ3) is 3.65. The number of benzene rings is 1. The average molecular weight is 253 g/mol. The first kappa shape index (κ1) is 14.4. The molecule has 96 valence electrons. The van der Waals surface area contributed by atoms with Gasteiger partial charge >= 0.3 is 0 Å². The molecule has 1 unspecified atom stereocenters. The maximum absolute atomic E-state index is 5.82. The fraction of sp³-hybridized carbons (Fsp3) is 0.571. The van der Waals surface area contributed by atoms with Gasteiger partial charge in [-0.15, -0.1) is 11.8 Å². The van der Waals surface area contributed by atoms with E-state index in [0.29, 0.717) is 17.7 Å². The Hall–Kier alpha value is -0.670. The van der Waals surface area contributed by atoms with E-state index in [1.165, 1.54) is 16.0 Å². The Bertz CT molecular complexity index is 377. The molecule has 0 aromatic heterocycles. The van der Waals surface area contributed by atoms with Crippen LogP contribution in [-0.2, 0) is 0 Å². The van der Waals surface area contributed by atoms with Gasteiger partial charge in [-0.05, 0) is 43.0 Å². The number of hydrogen-bond donors (Lipinski definition) is 1. The largest absolute Gasteiger partial charge is 0.496 e. The third-order valence-electron chi connectivity index (χ3n) is 2.95. The lowest BCUT2D eigenvalue weighted by Gasteiger charge is -2.20. The monoisotopic (exact) mass is 253 g/mol. The number of aryl methyl sites for hydroxylation is 2. The van der Waals surface area contributed by atoms with Crippen LogP contribution in [0.1, 0.15) is 25.0 Å². The molecule has 0 fully saturated rings. The lowest BCUT2D eigenvalue weighted by Crippen LogP contribution is -2.22. The maximum Gasteiger partial charge on any atom is 0.122 e. The van der Waals surface area contributed by atoms with Crippen molar-refractivity contribution in [3.8, 4) is 5.75 Å². The maximum atomic E-state index is 5.82. The van der Waals surface area contributed by atoms with Crippen molar-refractivity contribution in [1.82, 2.24) is 0 Å². The van der Waals surface area contributed by atoms with Crippen LogP contribution in [-0.4, -0.2) is 18.9 Å². The Kier molecular flexibility index (Phi) is 5.34.